The number of nitrogens with zero attached hydrogens (tertiary/aromatic N) is 1. The lowest BCUT2D eigenvalue weighted by Gasteiger charge is -2.16. The summed E-state index contributed by atoms with van der Waals surface area (Å²) in [5.74, 6) is 0. The molecule has 0 spiro atoms. The second-order valence-corrected chi connectivity index (χ2v) is 5.10. The molecule has 0 aliphatic carbocycles. The Balaban J connectivity index is 2.28. The van der Waals surface area contributed by atoms with Gasteiger partial charge in [-0.2, -0.15) is 0 Å². The lowest BCUT2D eigenvalue weighted by atomic mass is 10.2. The zero-order valence-electron chi connectivity index (χ0n) is 8.27. The molecule has 0 saturated carbocycles. The Bertz CT molecular complexity index is 422. The van der Waals surface area contributed by atoms with Gasteiger partial charge in [-0.1, -0.05) is 31.9 Å². The first-order chi connectivity index (χ1) is 7.66. The van der Waals surface area contributed by atoms with Crippen LogP contribution in [0, 0.1) is 0 Å². The second-order valence-electron chi connectivity index (χ2n) is 3.26. The van der Waals surface area contributed by atoms with E-state index in [1.54, 1.807) is 0 Å². The molecule has 4 heteroatoms. The van der Waals surface area contributed by atoms with Crippen LogP contribution in [0.1, 0.15) is 0 Å². The van der Waals surface area contributed by atoms with E-state index in [0.717, 1.165) is 25.4 Å². The van der Waals surface area contributed by atoms with E-state index >= 15 is 0 Å². The molecule has 0 bridgehead atoms. The highest BCUT2D eigenvalue weighted by molar-refractivity contribution is 9.10. The monoisotopic (exact) mass is 341 g/mol. The van der Waals surface area contributed by atoms with Crippen LogP contribution in [0.2, 0.25) is 0 Å². The minimum absolute atomic E-state index is 0.727. The van der Waals surface area contributed by atoms with Crippen molar-refractivity contribution in [1.82, 2.24) is 0 Å². The van der Waals surface area contributed by atoms with E-state index in [2.05, 4.69) is 31.9 Å². The molecule has 0 saturated heterocycles. The van der Waals surface area contributed by atoms with Gasteiger partial charge >= 0.3 is 0 Å². The summed E-state index contributed by atoms with van der Waals surface area (Å²) >= 11 is 6.71. The SMILES string of the molecule is ON(c1ccc(Br)cc1)c1ccc(Br)cc1. The van der Waals surface area contributed by atoms with E-state index in [1.807, 2.05) is 48.5 Å². The molecule has 0 atom stereocenters. The third-order valence-corrected chi connectivity index (χ3v) is 3.20. The van der Waals surface area contributed by atoms with Gasteiger partial charge in [0.25, 0.3) is 0 Å². The summed E-state index contributed by atoms with van der Waals surface area (Å²) in [6, 6.07) is 14.9. The third-order valence-electron chi connectivity index (χ3n) is 2.14. The minimum Gasteiger partial charge on any atom is -0.284 e. The Morgan fingerprint density at radius 1 is 0.688 bits per heavy atom. The van der Waals surface area contributed by atoms with Gasteiger partial charge in [-0.25, -0.2) is 5.06 Å². The molecule has 16 heavy (non-hydrogen) atoms. The fraction of sp³-hybridized carbons (Fsp3) is 0. The van der Waals surface area contributed by atoms with Crippen molar-refractivity contribution < 1.29 is 5.21 Å². The Hall–Kier alpha value is -0.840. The third kappa shape index (κ3) is 2.64. The van der Waals surface area contributed by atoms with Crippen molar-refractivity contribution in [1.29, 1.82) is 0 Å². The van der Waals surface area contributed by atoms with Crippen LogP contribution in [0.4, 0.5) is 11.4 Å². The van der Waals surface area contributed by atoms with Crippen molar-refractivity contribution in [2.24, 2.45) is 0 Å². The van der Waals surface area contributed by atoms with E-state index in [4.69, 9.17) is 0 Å². The minimum atomic E-state index is 0.727. The lowest BCUT2D eigenvalue weighted by Crippen LogP contribution is -2.09. The van der Waals surface area contributed by atoms with E-state index in [-0.39, 0.29) is 0 Å². The summed E-state index contributed by atoms with van der Waals surface area (Å²) in [7, 11) is 0. The summed E-state index contributed by atoms with van der Waals surface area (Å²) in [6.45, 7) is 0. The van der Waals surface area contributed by atoms with Crippen LogP contribution in [0.5, 0.6) is 0 Å². The molecule has 0 unspecified atom stereocenters. The van der Waals surface area contributed by atoms with Crippen molar-refractivity contribution in [3.63, 3.8) is 0 Å². The molecule has 82 valence electrons. The van der Waals surface area contributed by atoms with Crippen LogP contribution < -0.4 is 5.06 Å². The summed E-state index contributed by atoms with van der Waals surface area (Å²) < 4.78 is 1.97. The maximum atomic E-state index is 9.98. The van der Waals surface area contributed by atoms with Crippen LogP contribution in [0.3, 0.4) is 0 Å². The molecule has 2 aromatic carbocycles. The Morgan fingerprint density at radius 3 is 1.31 bits per heavy atom. The van der Waals surface area contributed by atoms with E-state index in [1.165, 1.54) is 0 Å². The van der Waals surface area contributed by atoms with Gasteiger partial charge < -0.3 is 0 Å². The topological polar surface area (TPSA) is 23.5 Å². The molecule has 0 heterocycles. The van der Waals surface area contributed by atoms with Gasteiger partial charge in [-0.3, -0.25) is 5.21 Å². The first-order valence-corrected chi connectivity index (χ1v) is 6.25. The average molecular weight is 343 g/mol. The number of anilines is 2. The predicted molar refractivity (Wildman–Crippen MR) is 72.2 cm³/mol. The van der Waals surface area contributed by atoms with Gasteiger partial charge in [0.1, 0.15) is 0 Å². The van der Waals surface area contributed by atoms with Crippen molar-refractivity contribution in [3.05, 3.63) is 57.5 Å². The first-order valence-electron chi connectivity index (χ1n) is 4.67. The molecule has 0 fully saturated rings. The van der Waals surface area contributed by atoms with E-state index in [0.29, 0.717) is 0 Å². The van der Waals surface area contributed by atoms with Gasteiger partial charge in [0.2, 0.25) is 0 Å². The van der Waals surface area contributed by atoms with Crippen LogP contribution in [-0.4, -0.2) is 5.21 Å². The molecule has 0 aliphatic heterocycles. The van der Waals surface area contributed by atoms with E-state index in [9.17, 15) is 5.21 Å². The quantitative estimate of drug-likeness (QED) is 0.797. The fourth-order valence-corrected chi connectivity index (χ4v) is 1.84. The predicted octanol–water partition coefficient (Wildman–Crippen LogP) is 4.74. The van der Waals surface area contributed by atoms with Crippen molar-refractivity contribution in [2.45, 2.75) is 0 Å². The molecule has 0 radical (unpaired) electrons. The molecular formula is C12H9Br2NO. The number of hydrogen-bond donors (Lipinski definition) is 1. The molecular weight excluding hydrogens is 334 g/mol. The fourth-order valence-electron chi connectivity index (χ4n) is 1.31. The highest BCUT2D eigenvalue weighted by Gasteiger charge is 2.05. The molecule has 2 nitrogen and oxygen atoms in total. The summed E-state index contributed by atoms with van der Waals surface area (Å²) in [5, 5.41) is 11.1. The maximum Gasteiger partial charge on any atom is 0.0693 e. The second kappa shape index (κ2) is 4.99. The summed E-state index contributed by atoms with van der Waals surface area (Å²) in [5.41, 5.74) is 1.45. The van der Waals surface area contributed by atoms with Gasteiger partial charge in [0, 0.05) is 8.95 Å². The summed E-state index contributed by atoms with van der Waals surface area (Å²) in [4.78, 5) is 0. The Kier molecular flexibility index (Phi) is 3.63. The summed E-state index contributed by atoms with van der Waals surface area (Å²) in [6.07, 6.45) is 0. The first kappa shape index (κ1) is 11.6. The van der Waals surface area contributed by atoms with Crippen molar-refractivity contribution in [3.8, 4) is 0 Å². The standard InChI is InChI=1S/C12H9Br2NO/c13-9-1-5-11(6-2-9)15(16)12-7-3-10(14)4-8-12/h1-8,16H. The number of rotatable bonds is 2. The largest absolute Gasteiger partial charge is 0.284 e. The van der Waals surface area contributed by atoms with Gasteiger partial charge in [-0.15, -0.1) is 0 Å². The number of hydrogen-bond acceptors (Lipinski definition) is 2. The Morgan fingerprint density at radius 2 is 1.00 bits per heavy atom. The normalized spacial score (nSPS) is 10.2. The van der Waals surface area contributed by atoms with Gasteiger partial charge in [0.05, 0.1) is 11.4 Å². The Labute approximate surface area is 111 Å². The number of benzene rings is 2. The molecule has 0 aromatic heterocycles. The zero-order chi connectivity index (χ0) is 11.5. The van der Waals surface area contributed by atoms with Crippen LogP contribution in [-0.2, 0) is 0 Å². The van der Waals surface area contributed by atoms with Crippen LogP contribution >= 0.6 is 31.9 Å². The lowest BCUT2D eigenvalue weighted by molar-refractivity contribution is 0.301. The highest BCUT2D eigenvalue weighted by atomic mass is 79.9. The highest BCUT2D eigenvalue weighted by Crippen LogP contribution is 2.25. The molecule has 2 rings (SSSR count). The smallest absolute Gasteiger partial charge is 0.0693 e. The van der Waals surface area contributed by atoms with Crippen LogP contribution in [0.25, 0.3) is 0 Å². The van der Waals surface area contributed by atoms with Crippen molar-refractivity contribution >= 4 is 43.2 Å². The molecule has 1 N–H and O–H groups in total. The van der Waals surface area contributed by atoms with Crippen molar-refractivity contribution in [2.75, 3.05) is 5.06 Å². The maximum absolute atomic E-state index is 9.98. The van der Waals surface area contributed by atoms with Gasteiger partial charge in [-0.05, 0) is 48.5 Å². The van der Waals surface area contributed by atoms with E-state index < -0.39 is 0 Å². The zero-order valence-corrected chi connectivity index (χ0v) is 11.4. The molecule has 0 amide bonds. The molecule has 0 aliphatic rings. The molecule has 2 aromatic rings. The number of halogens is 2. The van der Waals surface area contributed by atoms with Gasteiger partial charge in [0.15, 0.2) is 0 Å². The average Bonchev–Trinajstić information content (AvgIpc) is 2.30. The van der Waals surface area contributed by atoms with Crippen LogP contribution in [0.15, 0.2) is 57.5 Å².